The Labute approximate surface area is 182 Å². The summed E-state index contributed by atoms with van der Waals surface area (Å²) in [5, 5.41) is 7.08. The quantitative estimate of drug-likeness (QED) is 0.366. The number of benzene rings is 1. The zero-order chi connectivity index (χ0) is 21.0. The van der Waals surface area contributed by atoms with Gasteiger partial charge in [0, 0.05) is 39.3 Å². The molecule has 30 heavy (non-hydrogen) atoms. The molecule has 2 saturated heterocycles. The molecule has 0 unspecified atom stereocenters. The minimum absolute atomic E-state index is 0.164. The van der Waals surface area contributed by atoms with E-state index in [1.807, 2.05) is 19.2 Å². The van der Waals surface area contributed by atoms with Crippen LogP contribution in [0.4, 0.5) is 4.39 Å². The molecule has 1 aromatic rings. The summed E-state index contributed by atoms with van der Waals surface area (Å²) < 4.78 is 13.1. The molecule has 2 heterocycles. The van der Waals surface area contributed by atoms with Gasteiger partial charge >= 0.3 is 0 Å². The predicted octanol–water partition coefficient (Wildman–Crippen LogP) is 3.61. The van der Waals surface area contributed by atoms with Crippen molar-refractivity contribution >= 4 is 5.96 Å². The lowest BCUT2D eigenvalue weighted by Crippen LogP contribution is -2.48. The molecule has 2 aliphatic rings. The summed E-state index contributed by atoms with van der Waals surface area (Å²) in [6.45, 7) is 7.88. The first-order valence-electron chi connectivity index (χ1n) is 11.9. The third-order valence-corrected chi connectivity index (χ3v) is 6.36. The number of nitrogens with one attached hydrogen (secondary N) is 2. The van der Waals surface area contributed by atoms with Crippen molar-refractivity contribution in [3.8, 4) is 0 Å². The van der Waals surface area contributed by atoms with Crippen LogP contribution in [0.5, 0.6) is 0 Å². The molecule has 0 aliphatic carbocycles. The number of halogens is 1. The summed E-state index contributed by atoms with van der Waals surface area (Å²) in [7, 11) is 1.86. The summed E-state index contributed by atoms with van der Waals surface area (Å²) in [4.78, 5) is 9.48. The lowest BCUT2D eigenvalue weighted by Gasteiger charge is -2.33. The Morgan fingerprint density at radius 2 is 1.70 bits per heavy atom. The summed E-state index contributed by atoms with van der Waals surface area (Å²) in [5.41, 5.74) is 1.18. The number of piperidine rings is 2. The van der Waals surface area contributed by atoms with E-state index in [0.29, 0.717) is 6.04 Å². The molecular formula is C24H40FN5. The van der Waals surface area contributed by atoms with Crippen LogP contribution < -0.4 is 10.6 Å². The largest absolute Gasteiger partial charge is 0.356 e. The van der Waals surface area contributed by atoms with Crippen LogP contribution in [0.15, 0.2) is 29.3 Å². The van der Waals surface area contributed by atoms with Gasteiger partial charge in [-0.15, -0.1) is 0 Å². The highest BCUT2D eigenvalue weighted by molar-refractivity contribution is 5.79. The van der Waals surface area contributed by atoms with Crippen LogP contribution in [-0.4, -0.2) is 68.1 Å². The standard InChI is InChI=1S/C24H40FN5/c1-26-24(27-14-4-2-5-15-29-16-6-3-7-17-29)28-23-12-18-30(19-13-23)20-21-8-10-22(25)11-9-21/h8-11,23H,2-7,12-20H2,1H3,(H2,26,27,28). The van der Waals surface area contributed by atoms with Crippen LogP contribution in [-0.2, 0) is 6.54 Å². The van der Waals surface area contributed by atoms with Gasteiger partial charge in [-0.25, -0.2) is 4.39 Å². The first-order valence-corrected chi connectivity index (χ1v) is 11.9. The number of aliphatic imine (C=N–C) groups is 1. The molecule has 6 heteroatoms. The lowest BCUT2D eigenvalue weighted by molar-refractivity contribution is 0.198. The molecule has 3 rings (SSSR count). The predicted molar refractivity (Wildman–Crippen MR) is 123 cm³/mol. The maximum absolute atomic E-state index is 13.1. The van der Waals surface area contributed by atoms with Crippen molar-refractivity contribution in [2.24, 2.45) is 4.99 Å². The van der Waals surface area contributed by atoms with E-state index in [1.54, 1.807) is 12.1 Å². The SMILES string of the molecule is CN=C(NCCCCCN1CCCCC1)NC1CCN(Cc2ccc(F)cc2)CC1. The number of rotatable bonds is 9. The number of hydrogen-bond acceptors (Lipinski definition) is 3. The zero-order valence-electron chi connectivity index (χ0n) is 18.7. The number of likely N-dealkylation sites (tertiary alicyclic amines) is 2. The molecule has 0 amide bonds. The molecule has 1 aromatic carbocycles. The maximum atomic E-state index is 13.1. The van der Waals surface area contributed by atoms with E-state index in [2.05, 4.69) is 25.4 Å². The van der Waals surface area contributed by atoms with Gasteiger partial charge in [-0.1, -0.05) is 25.0 Å². The Kier molecular flexibility index (Phi) is 9.90. The summed E-state index contributed by atoms with van der Waals surface area (Å²) in [6.07, 6.45) is 10.2. The second kappa shape index (κ2) is 12.9. The molecule has 0 saturated carbocycles. The second-order valence-corrected chi connectivity index (χ2v) is 8.78. The minimum atomic E-state index is -0.164. The smallest absolute Gasteiger partial charge is 0.191 e. The van der Waals surface area contributed by atoms with Gasteiger partial charge in [0.2, 0.25) is 0 Å². The fourth-order valence-electron chi connectivity index (χ4n) is 4.50. The normalized spacial score (nSPS) is 19.7. The van der Waals surface area contributed by atoms with Gasteiger partial charge in [0.05, 0.1) is 0 Å². The lowest BCUT2D eigenvalue weighted by atomic mass is 10.0. The molecule has 0 bridgehead atoms. The van der Waals surface area contributed by atoms with Crippen LogP contribution in [0.2, 0.25) is 0 Å². The highest BCUT2D eigenvalue weighted by Gasteiger charge is 2.20. The molecule has 2 N–H and O–H groups in total. The Balaban J connectivity index is 1.24. The van der Waals surface area contributed by atoms with Gasteiger partial charge in [0.15, 0.2) is 5.96 Å². The molecule has 0 spiro atoms. The van der Waals surface area contributed by atoms with Crippen molar-refractivity contribution in [2.75, 3.05) is 46.3 Å². The van der Waals surface area contributed by atoms with E-state index in [9.17, 15) is 4.39 Å². The van der Waals surface area contributed by atoms with Gasteiger partial charge in [-0.3, -0.25) is 9.89 Å². The third-order valence-electron chi connectivity index (χ3n) is 6.36. The molecule has 0 aromatic heterocycles. The van der Waals surface area contributed by atoms with Crippen LogP contribution in [0.25, 0.3) is 0 Å². The summed E-state index contributed by atoms with van der Waals surface area (Å²) in [5.74, 6) is 0.769. The molecule has 2 fully saturated rings. The summed E-state index contributed by atoms with van der Waals surface area (Å²) >= 11 is 0. The van der Waals surface area contributed by atoms with E-state index in [0.717, 1.165) is 45.0 Å². The maximum Gasteiger partial charge on any atom is 0.191 e. The van der Waals surface area contributed by atoms with Crippen molar-refractivity contribution in [1.29, 1.82) is 0 Å². The minimum Gasteiger partial charge on any atom is -0.356 e. The molecule has 0 atom stereocenters. The monoisotopic (exact) mass is 417 g/mol. The van der Waals surface area contributed by atoms with Crippen LogP contribution in [0.1, 0.15) is 56.9 Å². The van der Waals surface area contributed by atoms with Crippen molar-refractivity contribution < 1.29 is 4.39 Å². The van der Waals surface area contributed by atoms with E-state index in [4.69, 9.17) is 0 Å². The van der Waals surface area contributed by atoms with Crippen LogP contribution in [0.3, 0.4) is 0 Å². The number of nitrogens with zero attached hydrogens (tertiary/aromatic N) is 3. The van der Waals surface area contributed by atoms with E-state index < -0.39 is 0 Å². The molecular weight excluding hydrogens is 377 g/mol. The average Bonchev–Trinajstić information content (AvgIpc) is 2.78. The van der Waals surface area contributed by atoms with Gasteiger partial charge in [0.1, 0.15) is 5.82 Å². The van der Waals surface area contributed by atoms with Gasteiger partial charge < -0.3 is 15.5 Å². The van der Waals surface area contributed by atoms with Gasteiger partial charge in [0.25, 0.3) is 0 Å². The molecule has 2 aliphatic heterocycles. The van der Waals surface area contributed by atoms with Crippen molar-refractivity contribution in [2.45, 2.75) is 64.0 Å². The molecule has 5 nitrogen and oxygen atoms in total. The topological polar surface area (TPSA) is 42.9 Å². The first-order chi connectivity index (χ1) is 14.7. The zero-order valence-corrected chi connectivity index (χ0v) is 18.7. The Morgan fingerprint density at radius 1 is 0.967 bits per heavy atom. The fourth-order valence-corrected chi connectivity index (χ4v) is 4.50. The average molecular weight is 418 g/mol. The van der Waals surface area contributed by atoms with E-state index in [1.165, 1.54) is 63.7 Å². The number of unbranched alkanes of at least 4 members (excludes halogenated alkanes) is 2. The van der Waals surface area contributed by atoms with Gasteiger partial charge in [-0.05, 0) is 75.9 Å². The number of hydrogen-bond donors (Lipinski definition) is 2. The van der Waals surface area contributed by atoms with Crippen LogP contribution in [0, 0.1) is 5.82 Å². The van der Waals surface area contributed by atoms with E-state index >= 15 is 0 Å². The fraction of sp³-hybridized carbons (Fsp3) is 0.708. The number of guanidine groups is 1. The van der Waals surface area contributed by atoms with Crippen molar-refractivity contribution in [3.05, 3.63) is 35.6 Å². The highest BCUT2D eigenvalue weighted by Crippen LogP contribution is 2.14. The molecule has 0 radical (unpaired) electrons. The van der Waals surface area contributed by atoms with Crippen molar-refractivity contribution in [3.63, 3.8) is 0 Å². The summed E-state index contributed by atoms with van der Waals surface area (Å²) in [6, 6.07) is 7.34. The highest BCUT2D eigenvalue weighted by atomic mass is 19.1. The van der Waals surface area contributed by atoms with Gasteiger partial charge in [-0.2, -0.15) is 0 Å². The Morgan fingerprint density at radius 3 is 2.40 bits per heavy atom. The Bertz CT molecular complexity index is 619. The van der Waals surface area contributed by atoms with Crippen molar-refractivity contribution in [1.82, 2.24) is 20.4 Å². The van der Waals surface area contributed by atoms with Crippen LogP contribution >= 0.6 is 0 Å². The Hall–Kier alpha value is -1.66. The third kappa shape index (κ3) is 8.23. The van der Waals surface area contributed by atoms with E-state index in [-0.39, 0.29) is 5.82 Å². The molecule has 168 valence electrons. The second-order valence-electron chi connectivity index (χ2n) is 8.78. The first kappa shape index (κ1) is 23.0.